The Morgan fingerprint density at radius 2 is 1.73 bits per heavy atom. The maximum atomic E-state index is 12.6. The fourth-order valence-corrected chi connectivity index (χ4v) is 2.34. The van der Waals surface area contributed by atoms with Crippen LogP contribution in [0.2, 0.25) is 0 Å². The van der Waals surface area contributed by atoms with Crippen molar-refractivity contribution < 1.29 is 29.4 Å². The number of nitrogens with zero attached hydrogens (tertiary/aromatic N) is 1. The second-order valence-electron chi connectivity index (χ2n) is 6.79. The van der Waals surface area contributed by atoms with Crippen LogP contribution in [-0.4, -0.2) is 77.7 Å². The summed E-state index contributed by atoms with van der Waals surface area (Å²) in [6.07, 6.45) is 0.986. The zero-order chi connectivity index (χ0) is 23.3. The Bertz CT molecular complexity index is 624. The van der Waals surface area contributed by atoms with Gasteiger partial charge in [0.05, 0.1) is 13.2 Å². The SMILES string of the molecule is CCC(C)C(NC(=O)C(CCCN=C(N)N)NC(=O)CNC(=O)C(N)CO)C(=O)O. The molecule has 30 heavy (non-hydrogen) atoms. The van der Waals surface area contributed by atoms with Crippen LogP contribution < -0.4 is 33.2 Å². The summed E-state index contributed by atoms with van der Waals surface area (Å²) in [5.41, 5.74) is 15.8. The highest BCUT2D eigenvalue weighted by Crippen LogP contribution is 2.09. The van der Waals surface area contributed by atoms with Crippen molar-refractivity contribution in [2.45, 2.75) is 51.2 Å². The molecule has 0 fully saturated rings. The first kappa shape index (κ1) is 27.1. The van der Waals surface area contributed by atoms with E-state index in [-0.39, 0.29) is 24.8 Å². The number of carboxylic acids is 1. The number of guanidine groups is 1. The van der Waals surface area contributed by atoms with Crippen molar-refractivity contribution in [2.24, 2.45) is 28.1 Å². The zero-order valence-electron chi connectivity index (χ0n) is 17.3. The van der Waals surface area contributed by atoms with Crippen LogP contribution in [0.5, 0.6) is 0 Å². The van der Waals surface area contributed by atoms with E-state index in [1.165, 1.54) is 0 Å². The van der Waals surface area contributed by atoms with Gasteiger partial charge in [-0.05, 0) is 18.8 Å². The van der Waals surface area contributed by atoms with Crippen molar-refractivity contribution in [2.75, 3.05) is 19.7 Å². The van der Waals surface area contributed by atoms with Gasteiger partial charge in [0.25, 0.3) is 0 Å². The van der Waals surface area contributed by atoms with E-state index in [0.29, 0.717) is 12.8 Å². The quantitative estimate of drug-likeness (QED) is 0.0775. The Morgan fingerprint density at radius 3 is 2.23 bits per heavy atom. The smallest absolute Gasteiger partial charge is 0.326 e. The predicted molar refractivity (Wildman–Crippen MR) is 109 cm³/mol. The fourth-order valence-electron chi connectivity index (χ4n) is 2.34. The van der Waals surface area contributed by atoms with Crippen LogP contribution in [0.1, 0.15) is 33.1 Å². The maximum absolute atomic E-state index is 12.6. The molecule has 11 N–H and O–H groups in total. The molecule has 0 aromatic heterocycles. The Morgan fingerprint density at radius 1 is 1.10 bits per heavy atom. The molecule has 13 heteroatoms. The average Bonchev–Trinajstić information content (AvgIpc) is 2.70. The van der Waals surface area contributed by atoms with Crippen LogP contribution in [0.15, 0.2) is 4.99 Å². The molecule has 0 rings (SSSR count). The van der Waals surface area contributed by atoms with Gasteiger partial charge in [-0.2, -0.15) is 0 Å². The van der Waals surface area contributed by atoms with Gasteiger partial charge in [0.2, 0.25) is 17.7 Å². The van der Waals surface area contributed by atoms with Gasteiger partial charge in [-0.3, -0.25) is 19.4 Å². The topological polar surface area (TPSA) is 235 Å². The van der Waals surface area contributed by atoms with Gasteiger partial charge in [-0.1, -0.05) is 20.3 Å². The van der Waals surface area contributed by atoms with Gasteiger partial charge >= 0.3 is 5.97 Å². The van der Waals surface area contributed by atoms with Gasteiger partial charge in [0, 0.05) is 6.54 Å². The molecule has 3 amide bonds. The number of nitrogens with two attached hydrogens (primary N) is 3. The zero-order valence-corrected chi connectivity index (χ0v) is 17.3. The number of nitrogens with one attached hydrogen (secondary N) is 3. The van der Waals surface area contributed by atoms with Crippen molar-refractivity contribution in [1.29, 1.82) is 0 Å². The second-order valence-corrected chi connectivity index (χ2v) is 6.79. The molecule has 4 atom stereocenters. The summed E-state index contributed by atoms with van der Waals surface area (Å²) in [6, 6.07) is -3.37. The van der Waals surface area contributed by atoms with Gasteiger partial charge < -0.3 is 43.4 Å². The van der Waals surface area contributed by atoms with Crippen LogP contribution in [0, 0.1) is 5.92 Å². The highest BCUT2D eigenvalue weighted by molar-refractivity contribution is 5.92. The minimum absolute atomic E-state index is 0.120. The molecule has 0 spiro atoms. The molecule has 0 bridgehead atoms. The number of rotatable bonds is 14. The number of aliphatic imine (C=N–C) groups is 1. The summed E-state index contributed by atoms with van der Waals surface area (Å²) in [7, 11) is 0. The third-order valence-electron chi connectivity index (χ3n) is 4.33. The van der Waals surface area contributed by atoms with E-state index in [4.69, 9.17) is 22.3 Å². The Kier molecular flexibility index (Phi) is 12.7. The standard InChI is InChI=1S/C17H33N7O6/c1-3-9(2)13(16(29)30)24-15(28)11(5-4-6-21-17(19)20)23-12(26)7-22-14(27)10(18)8-25/h9-11,13,25H,3-8,18H2,1-2H3,(H,22,27)(H,23,26)(H,24,28)(H,29,30)(H4,19,20,21). The summed E-state index contributed by atoms with van der Waals surface area (Å²) >= 11 is 0. The lowest BCUT2D eigenvalue weighted by Gasteiger charge is -2.24. The van der Waals surface area contributed by atoms with Crippen LogP contribution in [0.3, 0.4) is 0 Å². The Hall–Kier alpha value is -2.93. The van der Waals surface area contributed by atoms with Crippen LogP contribution >= 0.6 is 0 Å². The van der Waals surface area contributed by atoms with E-state index < -0.39 is 55.0 Å². The van der Waals surface area contributed by atoms with Crippen molar-refractivity contribution in [3.05, 3.63) is 0 Å². The monoisotopic (exact) mass is 431 g/mol. The van der Waals surface area contributed by atoms with Crippen molar-refractivity contribution in [1.82, 2.24) is 16.0 Å². The Labute approximate surface area is 174 Å². The predicted octanol–water partition coefficient (Wildman–Crippen LogP) is -3.42. The molecule has 0 aliphatic rings. The molecule has 0 aliphatic carbocycles. The fraction of sp³-hybridized carbons (Fsp3) is 0.706. The minimum Gasteiger partial charge on any atom is -0.480 e. The number of amides is 3. The number of carbonyl (C=O) groups is 4. The molecule has 0 aromatic carbocycles. The first-order valence-electron chi connectivity index (χ1n) is 9.55. The molecule has 0 saturated carbocycles. The minimum atomic E-state index is -1.19. The molecule has 0 saturated heterocycles. The molecule has 13 nitrogen and oxygen atoms in total. The normalized spacial score (nSPS) is 14.5. The summed E-state index contributed by atoms with van der Waals surface area (Å²) in [4.78, 5) is 51.5. The third-order valence-corrected chi connectivity index (χ3v) is 4.33. The summed E-state index contributed by atoms with van der Waals surface area (Å²) < 4.78 is 0. The molecule has 172 valence electrons. The highest BCUT2D eigenvalue weighted by atomic mass is 16.4. The first-order chi connectivity index (χ1) is 14.0. The molecule has 0 aliphatic heterocycles. The highest BCUT2D eigenvalue weighted by Gasteiger charge is 2.29. The number of aliphatic hydroxyl groups is 1. The summed E-state index contributed by atoms with van der Waals surface area (Å²) in [6.45, 7) is 2.62. The maximum Gasteiger partial charge on any atom is 0.326 e. The molecule has 0 radical (unpaired) electrons. The van der Waals surface area contributed by atoms with E-state index >= 15 is 0 Å². The van der Waals surface area contributed by atoms with Crippen LogP contribution in [0.25, 0.3) is 0 Å². The third kappa shape index (κ3) is 10.6. The average molecular weight is 431 g/mol. The van der Waals surface area contributed by atoms with Crippen molar-refractivity contribution in [3.63, 3.8) is 0 Å². The van der Waals surface area contributed by atoms with Gasteiger partial charge in [-0.25, -0.2) is 4.79 Å². The number of aliphatic carboxylic acids is 1. The van der Waals surface area contributed by atoms with Crippen molar-refractivity contribution >= 4 is 29.7 Å². The number of aliphatic hydroxyl groups excluding tert-OH is 1. The van der Waals surface area contributed by atoms with E-state index in [9.17, 15) is 24.3 Å². The number of carboxylic acid groups (broad SMARTS) is 1. The molecule has 0 heterocycles. The lowest BCUT2D eigenvalue weighted by molar-refractivity contribution is -0.143. The number of hydrogen-bond acceptors (Lipinski definition) is 7. The lowest BCUT2D eigenvalue weighted by Crippen LogP contribution is -2.55. The van der Waals surface area contributed by atoms with Crippen LogP contribution in [0.4, 0.5) is 0 Å². The van der Waals surface area contributed by atoms with E-state index in [1.54, 1.807) is 13.8 Å². The Balaban J connectivity index is 5.09. The van der Waals surface area contributed by atoms with Crippen molar-refractivity contribution in [3.8, 4) is 0 Å². The largest absolute Gasteiger partial charge is 0.480 e. The second kappa shape index (κ2) is 14.1. The molecular formula is C17H33N7O6. The number of carbonyl (C=O) groups excluding carboxylic acids is 3. The summed E-state index contributed by atoms with van der Waals surface area (Å²) in [5, 5.41) is 25.3. The molecule has 4 unspecified atom stereocenters. The lowest BCUT2D eigenvalue weighted by atomic mass is 9.98. The van der Waals surface area contributed by atoms with Gasteiger partial charge in [-0.15, -0.1) is 0 Å². The van der Waals surface area contributed by atoms with E-state index in [1.807, 2.05) is 0 Å². The van der Waals surface area contributed by atoms with E-state index in [2.05, 4.69) is 20.9 Å². The first-order valence-corrected chi connectivity index (χ1v) is 9.55. The van der Waals surface area contributed by atoms with Crippen LogP contribution in [-0.2, 0) is 19.2 Å². The van der Waals surface area contributed by atoms with Gasteiger partial charge in [0.1, 0.15) is 18.1 Å². The van der Waals surface area contributed by atoms with E-state index in [0.717, 1.165) is 0 Å². The van der Waals surface area contributed by atoms with Gasteiger partial charge in [0.15, 0.2) is 5.96 Å². The molecule has 0 aromatic rings. The summed E-state index contributed by atoms with van der Waals surface area (Å²) in [5.74, 6) is -3.74. The number of hydrogen-bond donors (Lipinski definition) is 8. The molecular weight excluding hydrogens is 398 g/mol.